The van der Waals surface area contributed by atoms with Gasteiger partial charge in [0.15, 0.2) is 0 Å². The quantitative estimate of drug-likeness (QED) is 0.604. The lowest BCUT2D eigenvalue weighted by atomic mass is 9.99. The Hall–Kier alpha value is -0.460. The van der Waals surface area contributed by atoms with Gasteiger partial charge in [0.25, 0.3) is 0 Å². The van der Waals surface area contributed by atoms with Gasteiger partial charge in [-0.05, 0) is 12.3 Å². The lowest BCUT2D eigenvalue weighted by Crippen LogP contribution is -1.98. The summed E-state index contributed by atoms with van der Waals surface area (Å²) in [6.07, 6.45) is 3.50. The summed E-state index contributed by atoms with van der Waals surface area (Å²) in [5, 5.41) is 8.99. The van der Waals surface area contributed by atoms with Crippen LogP contribution in [0.4, 0.5) is 0 Å². The maximum Gasteiger partial charge on any atom is 0.0879 e. The van der Waals surface area contributed by atoms with Crippen LogP contribution in [0.2, 0.25) is 0 Å². The first kappa shape index (κ1) is 10.5. The minimum absolute atomic E-state index is 0.272. The summed E-state index contributed by atoms with van der Waals surface area (Å²) in [4.78, 5) is 0. The molecule has 1 N–H and O–H groups in total. The SMILES string of the molecule is C=C(O)[C@@H](C)CCCC(C)C. The molecule has 0 aromatic carbocycles. The van der Waals surface area contributed by atoms with Crippen molar-refractivity contribution in [2.45, 2.75) is 40.0 Å². The Morgan fingerprint density at radius 1 is 1.27 bits per heavy atom. The zero-order valence-electron chi connectivity index (χ0n) is 7.93. The van der Waals surface area contributed by atoms with Crippen LogP contribution in [0.15, 0.2) is 12.3 Å². The third-order valence-corrected chi connectivity index (χ3v) is 1.99. The summed E-state index contributed by atoms with van der Waals surface area (Å²) >= 11 is 0. The predicted octanol–water partition coefficient (Wildman–Crippen LogP) is 3.52. The lowest BCUT2D eigenvalue weighted by Gasteiger charge is -2.09. The van der Waals surface area contributed by atoms with E-state index in [1.54, 1.807) is 0 Å². The van der Waals surface area contributed by atoms with Crippen LogP contribution in [0.5, 0.6) is 0 Å². The fraction of sp³-hybridized carbons (Fsp3) is 0.800. The molecule has 0 saturated heterocycles. The second-order valence-corrected chi connectivity index (χ2v) is 3.72. The molecule has 1 atom stereocenters. The van der Waals surface area contributed by atoms with E-state index < -0.39 is 0 Å². The highest BCUT2D eigenvalue weighted by molar-refractivity contribution is 4.85. The Bertz CT molecular complexity index is 116. The number of hydrogen-bond acceptors (Lipinski definition) is 1. The van der Waals surface area contributed by atoms with Crippen molar-refractivity contribution in [1.82, 2.24) is 0 Å². The second kappa shape index (κ2) is 5.22. The molecule has 0 spiro atoms. The van der Waals surface area contributed by atoms with E-state index in [9.17, 15) is 0 Å². The monoisotopic (exact) mass is 156 g/mol. The van der Waals surface area contributed by atoms with Gasteiger partial charge in [0, 0.05) is 5.92 Å². The lowest BCUT2D eigenvalue weighted by molar-refractivity contribution is 0.325. The molecule has 0 aliphatic heterocycles. The summed E-state index contributed by atoms with van der Waals surface area (Å²) in [7, 11) is 0. The van der Waals surface area contributed by atoms with Crippen molar-refractivity contribution >= 4 is 0 Å². The average molecular weight is 156 g/mol. The Morgan fingerprint density at radius 2 is 1.82 bits per heavy atom. The highest BCUT2D eigenvalue weighted by atomic mass is 16.3. The molecule has 0 aliphatic rings. The molecular weight excluding hydrogens is 136 g/mol. The third-order valence-electron chi connectivity index (χ3n) is 1.99. The van der Waals surface area contributed by atoms with Crippen LogP contribution < -0.4 is 0 Å². The molecule has 1 nitrogen and oxygen atoms in total. The van der Waals surface area contributed by atoms with Gasteiger partial charge in [0.05, 0.1) is 5.76 Å². The van der Waals surface area contributed by atoms with Crippen LogP contribution >= 0.6 is 0 Å². The van der Waals surface area contributed by atoms with E-state index in [0.29, 0.717) is 5.76 Å². The zero-order valence-corrected chi connectivity index (χ0v) is 7.93. The molecule has 0 amide bonds. The van der Waals surface area contributed by atoms with Crippen LogP contribution in [0.3, 0.4) is 0 Å². The van der Waals surface area contributed by atoms with E-state index in [-0.39, 0.29) is 5.92 Å². The molecule has 0 aliphatic carbocycles. The standard InChI is InChI=1S/C10H20O/c1-8(2)6-5-7-9(3)10(4)11/h8-9,11H,4-7H2,1-3H3/t9-/m0/s1. The van der Waals surface area contributed by atoms with Gasteiger partial charge in [-0.15, -0.1) is 0 Å². The fourth-order valence-electron chi connectivity index (χ4n) is 0.999. The van der Waals surface area contributed by atoms with Crippen molar-refractivity contribution in [3.63, 3.8) is 0 Å². The first-order chi connectivity index (χ1) is 5.04. The Morgan fingerprint density at radius 3 is 2.18 bits per heavy atom. The number of rotatable bonds is 5. The Kier molecular flexibility index (Phi) is 5.01. The number of allylic oxidation sites excluding steroid dienone is 1. The highest BCUT2D eigenvalue weighted by Gasteiger charge is 2.04. The third kappa shape index (κ3) is 5.96. The van der Waals surface area contributed by atoms with Gasteiger partial charge in [-0.2, -0.15) is 0 Å². The van der Waals surface area contributed by atoms with E-state index in [2.05, 4.69) is 20.4 Å². The Balaban J connectivity index is 3.31. The molecule has 0 radical (unpaired) electrons. The van der Waals surface area contributed by atoms with E-state index in [0.717, 1.165) is 12.3 Å². The summed E-state index contributed by atoms with van der Waals surface area (Å²) in [6, 6.07) is 0. The molecule has 0 aromatic heterocycles. The van der Waals surface area contributed by atoms with E-state index >= 15 is 0 Å². The van der Waals surface area contributed by atoms with Crippen molar-refractivity contribution < 1.29 is 5.11 Å². The van der Waals surface area contributed by atoms with Gasteiger partial charge in [0.2, 0.25) is 0 Å². The summed E-state index contributed by atoms with van der Waals surface area (Å²) in [5.74, 6) is 1.37. The topological polar surface area (TPSA) is 20.2 Å². The van der Waals surface area contributed by atoms with Crippen molar-refractivity contribution in [2.24, 2.45) is 11.8 Å². The largest absolute Gasteiger partial charge is 0.513 e. The minimum Gasteiger partial charge on any atom is -0.513 e. The molecule has 11 heavy (non-hydrogen) atoms. The number of hydrogen-bond donors (Lipinski definition) is 1. The smallest absolute Gasteiger partial charge is 0.0879 e. The van der Waals surface area contributed by atoms with Gasteiger partial charge in [-0.25, -0.2) is 0 Å². The molecule has 66 valence electrons. The molecule has 0 rings (SSSR count). The molecule has 0 saturated carbocycles. The Labute approximate surface area is 70.1 Å². The maximum atomic E-state index is 8.99. The number of aliphatic hydroxyl groups excluding tert-OH is 1. The molecule has 0 unspecified atom stereocenters. The highest BCUT2D eigenvalue weighted by Crippen LogP contribution is 2.15. The van der Waals surface area contributed by atoms with Crippen molar-refractivity contribution in [1.29, 1.82) is 0 Å². The van der Waals surface area contributed by atoms with Gasteiger partial charge < -0.3 is 5.11 Å². The van der Waals surface area contributed by atoms with Crippen LogP contribution in [0.1, 0.15) is 40.0 Å². The summed E-state index contributed by atoms with van der Waals surface area (Å²) < 4.78 is 0. The van der Waals surface area contributed by atoms with E-state index in [1.165, 1.54) is 12.8 Å². The van der Waals surface area contributed by atoms with E-state index in [1.807, 2.05) is 6.92 Å². The van der Waals surface area contributed by atoms with Gasteiger partial charge in [-0.1, -0.05) is 40.2 Å². The van der Waals surface area contributed by atoms with Crippen molar-refractivity contribution in [3.05, 3.63) is 12.3 Å². The van der Waals surface area contributed by atoms with Crippen molar-refractivity contribution in [3.8, 4) is 0 Å². The summed E-state index contributed by atoms with van der Waals surface area (Å²) in [6.45, 7) is 9.97. The van der Waals surface area contributed by atoms with Crippen molar-refractivity contribution in [2.75, 3.05) is 0 Å². The average Bonchev–Trinajstić information content (AvgIpc) is 1.86. The fourth-order valence-corrected chi connectivity index (χ4v) is 0.999. The van der Waals surface area contributed by atoms with E-state index in [4.69, 9.17) is 5.11 Å². The molecule has 0 bridgehead atoms. The van der Waals surface area contributed by atoms with Crippen LogP contribution in [-0.2, 0) is 0 Å². The molecular formula is C10H20O. The second-order valence-electron chi connectivity index (χ2n) is 3.72. The van der Waals surface area contributed by atoms with Crippen LogP contribution in [0.25, 0.3) is 0 Å². The van der Waals surface area contributed by atoms with Crippen LogP contribution in [0, 0.1) is 11.8 Å². The van der Waals surface area contributed by atoms with Gasteiger partial charge in [0.1, 0.15) is 0 Å². The van der Waals surface area contributed by atoms with Gasteiger partial charge in [-0.3, -0.25) is 0 Å². The normalized spacial score (nSPS) is 13.5. The predicted molar refractivity (Wildman–Crippen MR) is 49.6 cm³/mol. The zero-order chi connectivity index (χ0) is 8.85. The maximum absolute atomic E-state index is 8.99. The molecule has 0 fully saturated rings. The molecule has 0 heterocycles. The molecule has 1 heteroatoms. The number of aliphatic hydroxyl groups is 1. The summed E-state index contributed by atoms with van der Waals surface area (Å²) in [5.41, 5.74) is 0. The van der Waals surface area contributed by atoms with Gasteiger partial charge >= 0.3 is 0 Å². The van der Waals surface area contributed by atoms with Crippen LogP contribution in [-0.4, -0.2) is 5.11 Å². The minimum atomic E-state index is 0.272. The first-order valence-corrected chi connectivity index (χ1v) is 4.41. The molecule has 0 aromatic rings. The first-order valence-electron chi connectivity index (χ1n) is 4.41.